The maximum Gasteiger partial charge on any atom is 0.127 e. The van der Waals surface area contributed by atoms with Gasteiger partial charge in [0.15, 0.2) is 0 Å². The Kier molecular flexibility index (Phi) is 4.91. The van der Waals surface area contributed by atoms with Gasteiger partial charge >= 0.3 is 0 Å². The van der Waals surface area contributed by atoms with Gasteiger partial charge in [-0.25, -0.2) is 0 Å². The van der Waals surface area contributed by atoms with Crippen molar-refractivity contribution in [3.63, 3.8) is 0 Å². The Labute approximate surface area is 173 Å². The lowest BCUT2D eigenvalue weighted by atomic mass is 9.83. The van der Waals surface area contributed by atoms with E-state index in [0.29, 0.717) is 22.6 Å². The molecule has 0 radical (unpaired) electrons. The van der Waals surface area contributed by atoms with Crippen LogP contribution in [-0.2, 0) is 0 Å². The van der Waals surface area contributed by atoms with Crippen LogP contribution in [0.3, 0.4) is 0 Å². The van der Waals surface area contributed by atoms with E-state index in [-0.39, 0.29) is 34.1 Å². The highest BCUT2D eigenvalue weighted by Gasteiger charge is 2.31. The van der Waals surface area contributed by atoms with E-state index >= 15 is 0 Å². The zero-order valence-electron chi connectivity index (χ0n) is 16.5. The minimum absolute atomic E-state index is 0.0870. The van der Waals surface area contributed by atoms with E-state index in [2.05, 4.69) is 0 Å². The van der Waals surface area contributed by atoms with Crippen LogP contribution in [0, 0.1) is 6.92 Å². The van der Waals surface area contributed by atoms with Crippen molar-refractivity contribution >= 4 is 0 Å². The summed E-state index contributed by atoms with van der Waals surface area (Å²) in [5.74, 6) is -0.717. The zero-order chi connectivity index (χ0) is 21.4. The number of hydrogen-bond donors (Lipinski definition) is 4. The highest BCUT2D eigenvalue weighted by atomic mass is 16.3. The van der Waals surface area contributed by atoms with Crippen molar-refractivity contribution < 1.29 is 29.3 Å². The molecule has 2 atom stereocenters. The summed E-state index contributed by atoms with van der Waals surface area (Å²) in [4.78, 5) is 0. The van der Waals surface area contributed by atoms with Gasteiger partial charge in [0, 0.05) is 17.0 Å². The average Bonchev–Trinajstić information content (AvgIpc) is 3.43. The van der Waals surface area contributed by atoms with E-state index in [0.717, 1.165) is 0 Å². The molecular formula is C24H22O6. The molecule has 2 heterocycles. The lowest BCUT2D eigenvalue weighted by Crippen LogP contribution is -2.07. The van der Waals surface area contributed by atoms with Crippen molar-refractivity contribution in [3.8, 4) is 23.0 Å². The van der Waals surface area contributed by atoms with Crippen molar-refractivity contribution in [1.29, 1.82) is 0 Å². The van der Waals surface area contributed by atoms with Crippen LogP contribution in [0.5, 0.6) is 23.0 Å². The third-order valence-electron chi connectivity index (χ3n) is 5.45. The molecule has 0 fully saturated rings. The summed E-state index contributed by atoms with van der Waals surface area (Å²) < 4.78 is 11.0. The highest BCUT2D eigenvalue weighted by Crippen LogP contribution is 2.49. The van der Waals surface area contributed by atoms with Crippen LogP contribution in [0.1, 0.15) is 52.5 Å². The molecule has 0 aliphatic heterocycles. The molecule has 0 bridgehead atoms. The molecule has 0 saturated heterocycles. The SMILES string of the molecule is Cc1ccc(O)c(C(c2ccco2)c2ccc(O)c(C(C)c3ccco3)c2O)c1O. The molecule has 4 rings (SSSR count). The van der Waals surface area contributed by atoms with E-state index in [1.54, 1.807) is 50.2 Å². The van der Waals surface area contributed by atoms with Gasteiger partial charge in [-0.1, -0.05) is 19.1 Å². The van der Waals surface area contributed by atoms with Crippen LogP contribution in [0.25, 0.3) is 0 Å². The Morgan fingerprint density at radius 1 is 0.700 bits per heavy atom. The van der Waals surface area contributed by atoms with Gasteiger partial charge in [-0.05, 0) is 48.9 Å². The molecule has 154 valence electrons. The third-order valence-corrected chi connectivity index (χ3v) is 5.45. The summed E-state index contributed by atoms with van der Waals surface area (Å²) in [5, 5.41) is 43.0. The van der Waals surface area contributed by atoms with Gasteiger partial charge in [-0.2, -0.15) is 0 Å². The fraction of sp³-hybridized carbons (Fsp3) is 0.167. The van der Waals surface area contributed by atoms with E-state index in [4.69, 9.17) is 8.83 Å². The van der Waals surface area contributed by atoms with Crippen LogP contribution < -0.4 is 0 Å². The molecule has 0 aliphatic carbocycles. The molecule has 30 heavy (non-hydrogen) atoms. The highest BCUT2D eigenvalue weighted by molar-refractivity contribution is 5.61. The largest absolute Gasteiger partial charge is 0.508 e. The van der Waals surface area contributed by atoms with Crippen molar-refractivity contribution in [3.05, 3.63) is 94.8 Å². The fourth-order valence-corrected chi connectivity index (χ4v) is 3.85. The number of aromatic hydroxyl groups is 4. The first kappa shape index (κ1) is 19.5. The molecule has 0 spiro atoms. The predicted octanol–water partition coefficient (Wildman–Crippen LogP) is 5.34. The maximum atomic E-state index is 11.2. The lowest BCUT2D eigenvalue weighted by Gasteiger charge is -2.23. The standard InChI is InChI=1S/C24H22O6/c1-13-7-9-17(26)22(23(13)27)21(19-6-4-12-30-19)15-8-10-16(25)20(24(15)28)14(2)18-5-3-11-29-18/h3-12,14,21,25-28H,1-2H3. The second-order valence-corrected chi connectivity index (χ2v) is 7.29. The van der Waals surface area contributed by atoms with E-state index in [1.165, 1.54) is 24.7 Å². The Morgan fingerprint density at radius 3 is 1.93 bits per heavy atom. The molecule has 0 saturated carbocycles. The monoisotopic (exact) mass is 406 g/mol. The summed E-state index contributed by atoms with van der Waals surface area (Å²) in [6, 6.07) is 13.0. The number of furan rings is 2. The summed E-state index contributed by atoms with van der Waals surface area (Å²) in [6.07, 6.45) is 3.01. The number of benzene rings is 2. The summed E-state index contributed by atoms with van der Waals surface area (Å²) >= 11 is 0. The fourth-order valence-electron chi connectivity index (χ4n) is 3.85. The van der Waals surface area contributed by atoms with Gasteiger partial charge < -0.3 is 29.3 Å². The molecule has 6 nitrogen and oxygen atoms in total. The molecule has 0 amide bonds. The van der Waals surface area contributed by atoms with Gasteiger partial charge in [-0.3, -0.25) is 0 Å². The second-order valence-electron chi connectivity index (χ2n) is 7.29. The number of aryl methyl sites for hydroxylation is 1. The van der Waals surface area contributed by atoms with Crippen LogP contribution in [0.2, 0.25) is 0 Å². The second kappa shape index (κ2) is 7.55. The smallest absolute Gasteiger partial charge is 0.127 e. The number of hydrogen-bond acceptors (Lipinski definition) is 6. The molecule has 2 aromatic heterocycles. The van der Waals surface area contributed by atoms with Crippen LogP contribution in [-0.4, -0.2) is 20.4 Å². The van der Waals surface area contributed by atoms with Gasteiger partial charge in [-0.15, -0.1) is 0 Å². The van der Waals surface area contributed by atoms with Crippen LogP contribution in [0.4, 0.5) is 0 Å². The average molecular weight is 406 g/mol. The van der Waals surface area contributed by atoms with Crippen LogP contribution in [0.15, 0.2) is 69.9 Å². The van der Waals surface area contributed by atoms with Gasteiger partial charge in [0.2, 0.25) is 0 Å². The molecule has 4 N–H and O–H groups in total. The lowest BCUT2D eigenvalue weighted by molar-refractivity contribution is 0.407. The van der Waals surface area contributed by atoms with Crippen molar-refractivity contribution in [1.82, 2.24) is 0 Å². The topological polar surface area (TPSA) is 107 Å². The molecule has 4 aromatic rings. The Bertz CT molecular complexity index is 1160. The minimum Gasteiger partial charge on any atom is -0.508 e. The van der Waals surface area contributed by atoms with Crippen molar-refractivity contribution in [2.45, 2.75) is 25.7 Å². The Morgan fingerprint density at radius 2 is 1.30 bits per heavy atom. The Balaban J connectivity index is 1.96. The first-order valence-corrected chi connectivity index (χ1v) is 9.53. The van der Waals surface area contributed by atoms with Gasteiger partial charge in [0.25, 0.3) is 0 Å². The van der Waals surface area contributed by atoms with E-state index < -0.39 is 11.8 Å². The predicted molar refractivity (Wildman–Crippen MR) is 110 cm³/mol. The van der Waals surface area contributed by atoms with Gasteiger partial charge in [0.05, 0.1) is 24.0 Å². The molecule has 0 aliphatic rings. The number of phenolic OH excluding ortho intramolecular Hbond substituents is 4. The zero-order valence-corrected chi connectivity index (χ0v) is 16.5. The molecule has 6 heteroatoms. The first-order valence-electron chi connectivity index (χ1n) is 9.53. The van der Waals surface area contributed by atoms with E-state index in [1.807, 2.05) is 0 Å². The third kappa shape index (κ3) is 3.16. The minimum atomic E-state index is -0.803. The molecule has 2 unspecified atom stereocenters. The number of phenols is 4. The quantitative estimate of drug-likeness (QED) is 0.357. The summed E-state index contributed by atoms with van der Waals surface area (Å²) in [7, 11) is 0. The molecule has 2 aromatic carbocycles. The van der Waals surface area contributed by atoms with Crippen LogP contribution >= 0.6 is 0 Å². The summed E-state index contributed by atoms with van der Waals surface area (Å²) in [5.41, 5.74) is 1.43. The van der Waals surface area contributed by atoms with Crippen molar-refractivity contribution in [2.75, 3.05) is 0 Å². The summed E-state index contributed by atoms with van der Waals surface area (Å²) in [6.45, 7) is 3.53. The number of rotatable bonds is 5. The van der Waals surface area contributed by atoms with E-state index in [9.17, 15) is 20.4 Å². The first-order chi connectivity index (χ1) is 14.4. The maximum absolute atomic E-state index is 11.2. The van der Waals surface area contributed by atoms with Gasteiger partial charge in [0.1, 0.15) is 34.5 Å². The normalized spacial score (nSPS) is 13.3. The molecular weight excluding hydrogens is 384 g/mol. The Hall–Kier alpha value is -3.80. The van der Waals surface area contributed by atoms with Crippen molar-refractivity contribution in [2.24, 2.45) is 0 Å².